The third-order valence-electron chi connectivity index (χ3n) is 9.42. The molecule has 5 nitrogen and oxygen atoms in total. The van der Waals surface area contributed by atoms with E-state index in [-0.39, 0.29) is 0 Å². The van der Waals surface area contributed by atoms with E-state index < -0.39 is 0 Å². The Kier molecular flexibility index (Phi) is 6.42. The van der Waals surface area contributed by atoms with E-state index in [1.807, 2.05) is 66.7 Å². The minimum atomic E-state index is 0.603. The fraction of sp³-hybridized carbons (Fsp3) is 0. The maximum atomic E-state index is 6.66. The molecule has 0 unspecified atom stereocenters. The van der Waals surface area contributed by atoms with Gasteiger partial charge in [-0.3, -0.25) is 0 Å². The van der Waals surface area contributed by atoms with Gasteiger partial charge in [-0.05, 0) is 59.3 Å². The molecule has 0 bridgehead atoms. The topological polar surface area (TPSA) is 56.7 Å². The van der Waals surface area contributed by atoms with Crippen LogP contribution in [-0.2, 0) is 0 Å². The summed E-state index contributed by atoms with van der Waals surface area (Å²) >= 11 is 0. The second kappa shape index (κ2) is 11.4. The van der Waals surface area contributed by atoms with Gasteiger partial charge in [0.05, 0.1) is 22.4 Å². The summed E-state index contributed by atoms with van der Waals surface area (Å²) < 4.78 is 8.98. The first-order chi connectivity index (χ1) is 24.8. The van der Waals surface area contributed by atoms with Gasteiger partial charge in [0, 0.05) is 38.7 Å². The molecule has 234 valence electrons. The zero-order valence-corrected chi connectivity index (χ0v) is 26.9. The van der Waals surface area contributed by atoms with Crippen LogP contribution in [0.3, 0.4) is 0 Å². The predicted molar refractivity (Wildman–Crippen MR) is 203 cm³/mol. The van der Waals surface area contributed by atoms with Crippen LogP contribution in [0.25, 0.3) is 94.7 Å². The minimum Gasteiger partial charge on any atom is -0.434 e. The van der Waals surface area contributed by atoms with E-state index in [1.165, 1.54) is 16.2 Å². The summed E-state index contributed by atoms with van der Waals surface area (Å²) in [6.45, 7) is 0. The Morgan fingerprint density at radius 3 is 1.90 bits per heavy atom. The van der Waals surface area contributed by atoms with E-state index in [4.69, 9.17) is 19.4 Å². The molecule has 0 aliphatic rings. The highest BCUT2D eigenvalue weighted by Crippen LogP contribution is 2.41. The summed E-state index contributed by atoms with van der Waals surface area (Å²) in [5, 5.41) is 4.69. The molecule has 10 aromatic rings. The molecule has 0 aliphatic carbocycles. The van der Waals surface area contributed by atoms with Crippen molar-refractivity contribution in [2.75, 3.05) is 0 Å². The van der Waals surface area contributed by atoms with Gasteiger partial charge >= 0.3 is 0 Å². The lowest BCUT2D eigenvalue weighted by atomic mass is 10.0. The number of aromatic nitrogens is 4. The van der Waals surface area contributed by atoms with Crippen LogP contribution in [0.15, 0.2) is 174 Å². The summed E-state index contributed by atoms with van der Waals surface area (Å²) in [6.07, 6.45) is 0. The Morgan fingerprint density at radius 1 is 0.460 bits per heavy atom. The zero-order chi connectivity index (χ0) is 33.0. The van der Waals surface area contributed by atoms with Crippen molar-refractivity contribution in [1.82, 2.24) is 19.5 Å². The van der Waals surface area contributed by atoms with Gasteiger partial charge in [-0.1, -0.05) is 121 Å². The van der Waals surface area contributed by atoms with Crippen LogP contribution in [0, 0.1) is 0 Å². The third-order valence-corrected chi connectivity index (χ3v) is 9.42. The Labute approximate surface area is 287 Å². The molecule has 0 saturated carbocycles. The molecule has 0 amide bonds. The van der Waals surface area contributed by atoms with Gasteiger partial charge < -0.3 is 8.98 Å². The van der Waals surface area contributed by atoms with Crippen molar-refractivity contribution < 1.29 is 4.42 Å². The summed E-state index contributed by atoms with van der Waals surface area (Å²) in [5.74, 6) is 1.29. The molecule has 5 heteroatoms. The maximum absolute atomic E-state index is 6.66. The lowest BCUT2D eigenvalue weighted by Gasteiger charge is -2.12. The van der Waals surface area contributed by atoms with E-state index in [1.54, 1.807) is 0 Å². The largest absolute Gasteiger partial charge is 0.434 e. The molecular formula is C45H28N4O. The molecular weight excluding hydrogens is 613 g/mol. The summed E-state index contributed by atoms with van der Waals surface area (Å²) in [5.41, 5.74) is 10.3. The normalized spacial score (nSPS) is 11.6. The molecule has 0 atom stereocenters. The summed E-state index contributed by atoms with van der Waals surface area (Å²) in [4.78, 5) is 15.1. The zero-order valence-electron chi connectivity index (χ0n) is 26.9. The van der Waals surface area contributed by atoms with Crippen molar-refractivity contribution >= 4 is 43.7 Å². The second-order valence-electron chi connectivity index (χ2n) is 12.5. The van der Waals surface area contributed by atoms with E-state index in [2.05, 4.69) is 108 Å². The number of benzene rings is 7. The standard InChI is InChI=1S/C45H28N4O/c1-4-14-30(15-5-1)38-28-39(47-44(46-38)31-16-6-2-7-17-31)33-20-12-21-34(27-33)49-40-26-23-29-13-10-11-22-35(29)41(40)36-24-25-37-43(42(36)49)50-45(48-37)32-18-8-3-9-19-32/h1-28H. The van der Waals surface area contributed by atoms with Crippen LogP contribution in [-0.4, -0.2) is 19.5 Å². The van der Waals surface area contributed by atoms with Gasteiger partial charge in [0.15, 0.2) is 11.4 Å². The Balaban J connectivity index is 1.24. The van der Waals surface area contributed by atoms with Gasteiger partial charge in [0.25, 0.3) is 0 Å². The first-order valence-electron chi connectivity index (χ1n) is 16.7. The lowest BCUT2D eigenvalue weighted by Crippen LogP contribution is -1.98. The fourth-order valence-electron chi connectivity index (χ4n) is 7.10. The average molecular weight is 641 g/mol. The quantitative estimate of drug-likeness (QED) is 0.188. The SMILES string of the molecule is c1ccc(-c2cc(-c3cccc(-n4c5ccc6ccccc6c5c5ccc6nc(-c7ccccc7)oc6c54)c3)nc(-c3ccccc3)n2)cc1. The number of nitrogens with zero attached hydrogens (tertiary/aromatic N) is 4. The van der Waals surface area contributed by atoms with E-state index >= 15 is 0 Å². The molecule has 0 N–H and O–H groups in total. The molecule has 0 fully saturated rings. The second-order valence-corrected chi connectivity index (χ2v) is 12.5. The van der Waals surface area contributed by atoms with Crippen LogP contribution in [0.2, 0.25) is 0 Å². The Bertz CT molecular complexity index is 2800. The van der Waals surface area contributed by atoms with Gasteiger partial charge in [-0.15, -0.1) is 0 Å². The van der Waals surface area contributed by atoms with E-state index in [0.29, 0.717) is 11.7 Å². The Morgan fingerprint density at radius 2 is 1.12 bits per heavy atom. The van der Waals surface area contributed by atoms with Crippen LogP contribution in [0.1, 0.15) is 0 Å². The molecule has 0 saturated heterocycles. The smallest absolute Gasteiger partial charge is 0.227 e. The van der Waals surface area contributed by atoms with Crippen molar-refractivity contribution in [2.24, 2.45) is 0 Å². The van der Waals surface area contributed by atoms with Crippen molar-refractivity contribution in [2.45, 2.75) is 0 Å². The van der Waals surface area contributed by atoms with Gasteiger partial charge in [0.2, 0.25) is 5.89 Å². The molecule has 7 aromatic carbocycles. The van der Waals surface area contributed by atoms with Crippen molar-refractivity contribution in [3.05, 3.63) is 170 Å². The molecule has 0 aliphatic heterocycles. The number of rotatable bonds is 5. The van der Waals surface area contributed by atoms with Crippen LogP contribution in [0.4, 0.5) is 0 Å². The maximum Gasteiger partial charge on any atom is 0.227 e. The molecule has 50 heavy (non-hydrogen) atoms. The fourth-order valence-corrected chi connectivity index (χ4v) is 7.10. The molecule has 3 aromatic heterocycles. The van der Waals surface area contributed by atoms with E-state index in [9.17, 15) is 0 Å². The van der Waals surface area contributed by atoms with Crippen LogP contribution in [0.5, 0.6) is 0 Å². The van der Waals surface area contributed by atoms with Gasteiger partial charge in [-0.25, -0.2) is 15.0 Å². The molecule has 0 radical (unpaired) electrons. The summed E-state index contributed by atoms with van der Waals surface area (Å²) in [6, 6.07) is 58.5. The summed E-state index contributed by atoms with van der Waals surface area (Å²) in [7, 11) is 0. The molecule has 3 heterocycles. The average Bonchev–Trinajstić information content (AvgIpc) is 3.79. The predicted octanol–water partition coefficient (Wildman–Crippen LogP) is 11.5. The number of fused-ring (bicyclic) bond motifs is 7. The monoisotopic (exact) mass is 640 g/mol. The van der Waals surface area contributed by atoms with Crippen molar-refractivity contribution in [3.63, 3.8) is 0 Å². The third kappa shape index (κ3) is 4.60. The number of oxazole rings is 1. The van der Waals surface area contributed by atoms with Crippen LogP contribution >= 0.6 is 0 Å². The highest BCUT2D eigenvalue weighted by atomic mass is 16.3. The highest BCUT2D eigenvalue weighted by Gasteiger charge is 2.21. The minimum absolute atomic E-state index is 0.603. The van der Waals surface area contributed by atoms with Crippen molar-refractivity contribution in [3.8, 4) is 51.0 Å². The first-order valence-corrected chi connectivity index (χ1v) is 16.7. The first kappa shape index (κ1) is 28.2. The lowest BCUT2D eigenvalue weighted by molar-refractivity contribution is 0.622. The Hall–Kier alpha value is -6.85. The highest BCUT2D eigenvalue weighted by molar-refractivity contribution is 6.25. The molecule has 10 rings (SSSR count). The van der Waals surface area contributed by atoms with Crippen molar-refractivity contribution in [1.29, 1.82) is 0 Å². The van der Waals surface area contributed by atoms with Gasteiger partial charge in [0.1, 0.15) is 5.52 Å². The number of hydrogen-bond acceptors (Lipinski definition) is 4. The molecule has 0 spiro atoms. The van der Waals surface area contributed by atoms with Gasteiger partial charge in [-0.2, -0.15) is 0 Å². The van der Waals surface area contributed by atoms with E-state index in [0.717, 1.165) is 66.8 Å². The van der Waals surface area contributed by atoms with Crippen LogP contribution < -0.4 is 0 Å². The number of hydrogen-bond donors (Lipinski definition) is 0.